The molecule has 2 aromatic rings. The SMILES string of the molecule is Cc1cc(C(F)(F)F)nc(N2CCN(c3ccc(C(=O)N4CCOCC4)cn3)CC2)n1. The average molecular weight is 436 g/mol. The Labute approximate surface area is 177 Å². The lowest BCUT2D eigenvalue weighted by molar-refractivity contribution is -0.141. The maximum absolute atomic E-state index is 13.0. The number of aromatic nitrogens is 3. The summed E-state index contributed by atoms with van der Waals surface area (Å²) < 4.78 is 44.4. The largest absolute Gasteiger partial charge is 0.433 e. The van der Waals surface area contributed by atoms with E-state index in [9.17, 15) is 18.0 Å². The molecule has 2 fully saturated rings. The third kappa shape index (κ3) is 4.87. The quantitative estimate of drug-likeness (QED) is 0.729. The highest BCUT2D eigenvalue weighted by molar-refractivity contribution is 5.94. The summed E-state index contributed by atoms with van der Waals surface area (Å²) in [5.41, 5.74) is -0.126. The third-order valence-electron chi connectivity index (χ3n) is 5.31. The van der Waals surface area contributed by atoms with Crippen LogP contribution in [0.4, 0.5) is 24.9 Å². The van der Waals surface area contributed by atoms with Gasteiger partial charge in [0.25, 0.3) is 5.91 Å². The van der Waals surface area contributed by atoms with Gasteiger partial charge in [-0.2, -0.15) is 13.2 Å². The first-order valence-electron chi connectivity index (χ1n) is 10.1. The van der Waals surface area contributed by atoms with Gasteiger partial charge in [0.2, 0.25) is 5.95 Å². The molecule has 4 rings (SSSR count). The third-order valence-corrected chi connectivity index (χ3v) is 5.31. The number of anilines is 2. The van der Waals surface area contributed by atoms with E-state index in [1.807, 2.05) is 4.90 Å². The molecule has 2 aromatic heterocycles. The van der Waals surface area contributed by atoms with Crippen LogP contribution < -0.4 is 9.80 Å². The number of hydrogen-bond donors (Lipinski definition) is 0. The first kappa shape index (κ1) is 21.3. The normalized spacial score (nSPS) is 17.7. The lowest BCUT2D eigenvalue weighted by Crippen LogP contribution is -2.47. The van der Waals surface area contributed by atoms with Gasteiger partial charge in [-0.3, -0.25) is 4.79 Å². The summed E-state index contributed by atoms with van der Waals surface area (Å²) in [6.07, 6.45) is -2.94. The van der Waals surface area contributed by atoms with Crippen LogP contribution in [0.3, 0.4) is 0 Å². The molecule has 8 nitrogen and oxygen atoms in total. The van der Waals surface area contributed by atoms with E-state index < -0.39 is 11.9 Å². The second kappa shape index (κ2) is 8.66. The van der Waals surface area contributed by atoms with Gasteiger partial charge in [0.15, 0.2) is 0 Å². The molecule has 4 heterocycles. The number of piperazine rings is 1. The van der Waals surface area contributed by atoms with Gasteiger partial charge in [-0.1, -0.05) is 0 Å². The van der Waals surface area contributed by atoms with Crippen molar-refractivity contribution in [3.63, 3.8) is 0 Å². The van der Waals surface area contributed by atoms with Crippen LogP contribution in [0.5, 0.6) is 0 Å². The zero-order valence-electron chi connectivity index (χ0n) is 17.1. The van der Waals surface area contributed by atoms with E-state index in [4.69, 9.17) is 4.74 Å². The van der Waals surface area contributed by atoms with Gasteiger partial charge >= 0.3 is 6.18 Å². The molecule has 2 aliphatic rings. The van der Waals surface area contributed by atoms with Gasteiger partial charge in [-0.15, -0.1) is 0 Å². The minimum Gasteiger partial charge on any atom is -0.378 e. The fourth-order valence-electron chi connectivity index (χ4n) is 3.62. The van der Waals surface area contributed by atoms with E-state index >= 15 is 0 Å². The van der Waals surface area contributed by atoms with Crippen molar-refractivity contribution in [1.82, 2.24) is 19.9 Å². The maximum Gasteiger partial charge on any atom is 0.433 e. The molecule has 0 aliphatic carbocycles. The molecule has 2 aliphatic heterocycles. The van der Waals surface area contributed by atoms with Crippen molar-refractivity contribution in [3.05, 3.63) is 41.3 Å². The van der Waals surface area contributed by atoms with Crippen LogP contribution in [0.1, 0.15) is 21.7 Å². The summed E-state index contributed by atoms with van der Waals surface area (Å²) in [4.78, 5) is 30.4. The van der Waals surface area contributed by atoms with Crippen LogP contribution in [-0.2, 0) is 10.9 Å². The monoisotopic (exact) mass is 436 g/mol. The Kier molecular flexibility index (Phi) is 5.94. The number of amides is 1. The topological polar surface area (TPSA) is 74.7 Å². The lowest BCUT2D eigenvalue weighted by atomic mass is 10.2. The van der Waals surface area contributed by atoms with Crippen molar-refractivity contribution in [2.45, 2.75) is 13.1 Å². The Hall–Kier alpha value is -2.95. The molecule has 0 unspecified atom stereocenters. The highest BCUT2D eigenvalue weighted by atomic mass is 19.4. The van der Waals surface area contributed by atoms with E-state index in [2.05, 4.69) is 15.0 Å². The molecule has 11 heteroatoms. The predicted molar refractivity (Wildman–Crippen MR) is 107 cm³/mol. The van der Waals surface area contributed by atoms with E-state index in [-0.39, 0.29) is 17.5 Å². The lowest BCUT2D eigenvalue weighted by Gasteiger charge is -2.35. The summed E-state index contributed by atoms with van der Waals surface area (Å²) in [7, 11) is 0. The Morgan fingerprint density at radius 2 is 1.68 bits per heavy atom. The number of nitrogens with zero attached hydrogens (tertiary/aromatic N) is 6. The van der Waals surface area contributed by atoms with Gasteiger partial charge in [0, 0.05) is 51.2 Å². The minimum absolute atomic E-state index is 0.0655. The van der Waals surface area contributed by atoms with Crippen molar-refractivity contribution in [1.29, 1.82) is 0 Å². The zero-order valence-corrected chi connectivity index (χ0v) is 17.1. The molecular weight excluding hydrogens is 413 g/mol. The second-order valence-corrected chi connectivity index (χ2v) is 7.48. The van der Waals surface area contributed by atoms with Crippen LogP contribution in [0.15, 0.2) is 24.4 Å². The Bertz CT molecular complexity index is 924. The average Bonchev–Trinajstić information content (AvgIpc) is 2.78. The van der Waals surface area contributed by atoms with Crippen LogP contribution in [0.25, 0.3) is 0 Å². The fraction of sp³-hybridized carbons (Fsp3) is 0.500. The van der Waals surface area contributed by atoms with Crippen molar-refractivity contribution < 1.29 is 22.7 Å². The highest BCUT2D eigenvalue weighted by Gasteiger charge is 2.34. The molecular formula is C20H23F3N6O2. The number of halogens is 3. The molecule has 0 radical (unpaired) electrons. The number of hydrogen-bond acceptors (Lipinski definition) is 7. The number of morpholine rings is 1. The summed E-state index contributed by atoms with van der Waals surface area (Å²) in [6.45, 7) is 5.80. The standard InChI is InChI=1S/C20H23F3N6O2/c1-14-12-16(20(21,22)23)26-19(25-14)29-6-4-27(5-7-29)17-3-2-15(13-24-17)18(30)28-8-10-31-11-9-28/h2-3,12-13H,4-11H2,1H3. The number of carbonyl (C=O) groups is 1. The second-order valence-electron chi connectivity index (χ2n) is 7.48. The van der Waals surface area contributed by atoms with Crippen molar-refractivity contribution >= 4 is 17.7 Å². The van der Waals surface area contributed by atoms with Crippen molar-refractivity contribution in [2.75, 3.05) is 62.3 Å². The first-order chi connectivity index (χ1) is 14.8. The summed E-state index contributed by atoms with van der Waals surface area (Å²) in [5.74, 6) is 0.745. The molecule has 1 amide bonds. The van der Waals surface area contributed by atoms with Gasteiger partial charge in [-0.25, -0.2) is 15.0 Å². The molecule has 0 atom stereocenters. The van der Waals surface area contributed by atoms with Crippen LogP contribution >= 0.6 is 0 Å². The van der Waals surface area contributed by atoms with E-state index in [0.717, 1.165) is 11.9 Å². The Morgan fingerprint density at radius 1 is 1.00 bits per heavy atom. The number of carbonyl (C=O) groups excluding carboxylic acids is 1. The summed E-state index contributed by atoms with van der Waals surface area (Å²) in [5, 5.41) is 0. The maximum atomic E-state index is 13.0. The van der Waals surface area contributed by atoms with Crippen LogP contribution in [0.2, 0.25) is 0 Å². The molecule has 31 heavy (non-hydrogen) atoms. The smallest absolute Gasteiger partial charge is 0.378 e. The molecule has 0 saturated carbocycles. The van der Waals surface area contributed by atoms with Crippen LogP contribution in [0, 0.1) is 6.92 Å². The summed E-state index contributed by atoms with van der Waals surface area (Å²) >= 11 is 0. The molecule has 0 aromatic carbocycles. The fourth-order valence-corrected chi connectivity index (χ4v) is 3.62. The van der Waals surface area contributed by atoms with Gasteiger partial charge < -0.3 is 19.4 Å². The number of ether oxygens (including phenoxy) is 1. The number of aryl methyl sites for hydroxylation is 1. The Morgan fingerprint density at radius 3 is 2.29 bits per heavy atom. The van der Waals surface area contributed by atoms with E-state index in [1.165, 1.54) is 6.92 Å². The molecule has 0 spiro atoms. The number of alkyl halides is 3. The first-order valence-corrected chi connectivity index (χ1v) is 10.1. The van der Waals surface area contributed by atoms with Crippen molar-refractivity contribution in [3.8, 4) is 0 Å². The number of pyridine rings is 1. The van der Waals surface area contributed by atoms with E-state index in [1.54, 1.807) is 28.1 Å². The molecule has 0 bridgehead atoms. The molecule has 166 valence electrons. The van der Waals surface area contributed by atoms with Gasteiger partial charge in [0.05, 0.1) is 18.8 Å². The minimum atomic E-state index is -4.51. The predicted octanol–water partition coefficient (Wildman–Crippen LogP) is 2.00. The number of rotatable bonds is 3. The highest BCUT2D eigenvalue weighted by Crippen LogP contribution is 2.29. The molecule has 0 N–H and O–H groups in total. The zero-order chi connectivity index (χ0) is 22.0. The van der Waals surface area contributed by atoms with Crippen LogP contribution in [-0.4, -0.2) is 78.2 Å². The summed E-state index contributed by atoms with van der Waals surface area (Å²) in [6, 6.07) is 4.50. The Balaban J connectivity index is 1.39. The molecule has 2 saturated heterocycles. The van der Waals surface area contributed by atoms with E-state index in [0.29, 0.717) is 58.0 Å². The van der Waals surface area contributed by atoms with Crippen molar-refractivity contribution in [2.24, 2.45) is 0 Å². The van der Waals surface area contributed by atoms with Gasteiger partial charge in [0.1, 0.15) is 11.5 Å². The van der Waals surface area contributed by atoms with Gasteiger partial charge in [-0.05, 0) is 25.1 Å².